The fourth-order valence-corrected chi connectivity index (χ4v) is 3.89. The average molecular weight is 408 g/mol. The Kier molecular flexibility index (Phi) is 8.30. The fraction of sp³-hybridized carbons (Fsp3) is 0.611. The zero-order valence-electron chi connectivity index (χ0n) is 14.1. The van der Waals surface area contributed by atoms with E-state index in [-0.39, 0.29) is 30.9 Å². The van der Waals surface area contributed by atoms with Gasteiger partial charge in [0.2, 0.25) is 0 Å². The number of morpholine rings is 1. The molecule has 0 N–H and O–H groups in total. The van der Waals surface area contributed by atoms with Crippen LogP contribution in [0.4, 0.5) is 0 Å². The molecule has 1 aromatic rings. The maximum Gasteiger partial charge on any atom is 0.310 e. The normalized spacial score (nSPS) is 24.4. The van der Waals surface area contributed by atoms with E-state index in [4.69, 9.17) is 32.7 Å². The largest absolute Gasteiger partial charge is 1.00 e. The lowest BCUT2D eigenvalue weighted by Gasteiger charge is -2.41. The van der Waals surface area contributed by atoms with E-state index in [0.717, 1.165) is 51.1 Å². The van der Waals surface area contributed by atoms with Gasteiger partial charge in [-0.3, -0.25) is 9.69 Å². The van der Waals surface area contributed by atoms with Crippen LogP contribution in [0.5, 0.6) is 0 Å². The van der Waals surface area contributed by atoms with Crippen molar-refractivity contribution in [1.82, 2.24) is 4.90 Å². The quantitative estimate of drug-likeness (QED) is 0.690. The summed E-state index contributed by atoms with van der Waals surface area (Å²) in [5, 5.41) is 0.958. The van der Waals surface area contributed by atoms with Gasteiger partial charge in [-0.05, 0) is 37.0 Å². The second-order valence-corrected chi connectivity index (χ2v) is 7.27. The predicted octanol–water partition coefficient (Wildman–Crippen LogP) is 0.726. The summed E-state index contributed by atoms with van der Waals surface area (Å²) in [6.45, 7) is 3.37. The Morgan fingerprint density at radius 3 is 2.60 bits per heavy atom. The van der Waals surface area contributed by atoms with Crippen molar-refractivity contribution in [1.29, 1.82) is 0 Å². The van der Waals surface area contributed by atoms with Gasteiger partial charge in [0.1, 0.15) is 6.10 Å². The summed E-state index contributed by atoms with van der Waals surface area (Å²) < 4.78 is 11.3. The summed E-state index contributed by atoms with van der Waals surface area (Å²) in [4.78, 5) is 14.8. The fourth-order valence-electron chi connectivity index (χ4n) is 3.57. The number of halogens is 3. The molecule has 1 saturated carbocycles. The molecule has 0 spiro atoms. The molecule has 2 fully saturated rings. The molecule has 7 heteroatoms. The molecule has 140 valence electrons. The number of esters is 1. The zero-order chi connectivity index (χ0) is 16.9. The Morgan fingerprint density at radius 1 is 1.16 bits per heavy atom. The lowest BCUT2D eigenvalue weighted by atomic mass is 9.91. The third kappa shape index (κ3) is 5.73. The summed E-state index contributed by atoms with van der Waals surface area (Å²) in [5.41, 5.74) is 0.827. The standard InChI is InChI=1S/C18H23Cl2NO3.ClH/c19-14-6-5-13(11-15(14)20)12-18(22)24-17-4-2-1-3-16(17)21-7-9-23-10-8-21;/h5-6,11,16-17H,1-4,7-10,12H2;1H/p-1. The maximum atomic E-state index is 12.4. The van der Waals surface area contributed by atoms with Gasteiger partial charge in [0.15, 0.2) is 0 Å². The van der Waals surface area contributed by atoms with Crippen LogP contribution in [0.2, 0.25) is 10.0 Å². The van der Waals surface area contributed by atoms with E-state index >= 15 is 0 Å². The SMILES string of the molecule is O=C(Cc1ccc(Cl)c(Cl)c1)OC1CCCCC1N1CCOCC1.[Cl-]. The molecule has 0 bridgehead atoms. The van der Waals surface area contributed by atoms with Crippen LogP contribution in [0, 0.1) is 0 Å². The van der Waals surface area contributed by atoms with E-state index in [1.54, 1.807) is 12.1 Å². The zero-order valence-corrected chi connectivity index (χ0v) is 16.3. The molecule has 1 heterocycles. The van der Waals surface area contributed by atoms with Gasteiger partial charge in [0, 0.05) is 19.1 Å². The van der Waals surface area contributed by atoms with Crippen LogP contribution in [0.25, 0.3) is 0 Å². The third-order valence-corrected chi connectivity index (χ3v) is 5.54. The molecule has 3 rings (SSSR count). The molecule has 1 aliphatic carbocycles. The minimum atomic E-state index is -0.196. The monoisotopic (exact) mass is 406 g/mol. The van der Waals surface area contributed by atoms with Gasteiger partial charge in [0.05, 0.1) is 29.7 Å². The number of carbonyl (C=O) groups is 1. The Bertz CT molecular complexity index is 579. The van der Waals surface area contributed by atoms with Gasteiger partial charge < -0.3 is 21.9 Å². The molecular weight excluding hydrogens is 385 g/mol. The number of nitrogens with zero attached hydrogens (tertiary/aromatic N) is 1. The van der Waals surface area contributed by atoms with Crippen molar-refractivity contribution in [2.24, 2.45) is 0 Å². The van der Waals surface area contributed by atoms with Gasteiger partial charge >= 0.3 is 5.97 Å². The number of ether oxygens (including phenoxy) is 2. The van der Waals surface area contributed by atoms with E-state index < -0.39 is 0 Å². The first-order chi connectivity index (χ1) is 11.6. The van der Waals surface area contributed by atoms with E-state index in [0.29, 0.717) is 16.1 Å². The van der Waals surface area contributed by atoms with Crippen LogP contribution in [0.15, 0.2) is 18.2 Å². The first-order valence-electron chi connectivity index (χ1n) is 8.58. The number of hydrogen-bond acceptors (Lipinski definition) is 4. The number of benzene rings is 1. The Labute approximate surface area is 165 Å². The molecule has 2 aliphatic rings. The summed E-state index contributed by atoms with van der Waals surface area (Å²) >= 11 is 11.9. The number of rotatable bonds is 4. The smallest absolute Gasteiger partial charge is 0.310 e. The Hall–Kier alpha value is -0.520. The van der Waals surface area contributed by atoms with Crippen LogP contribution in [0.3, 0.4) is 0 Å². The molecule has 2 unspecified atom stereocenters. The van der Waals surface area contributed by atoms with Gasteiger partial charge in [0.25, 0.3) is 0 Å². The summed E-state index contributed by atoms with van der Waals surface area (Å²) in [5.74, 6) is -0.196. The highest BCUT2D eigenvalue weighted by Gasteiger charge is 2.33. The molecule has 4 nitrogen and oxygen atoms in total. The molecule has 1 aromatic carbocycles. The van der Waals surface area contributed by atoms with E-state index in [9.17, 15) is 4.79 Å². The van der Waals surface area contributed by atoms with Crippen molar-refractivity contribution in [3.05, 3.63) is 33.8 Å². The van der Waals surface area contributed by atoms with E-state index in [1.165, 1.54) is 6.42 Å². The van der Waals surface area contributed by atoms with Crippen LogP contribution in [-0.4, -0.2) is 49.3 Å². The first-order valence-corrected chi connectivity index (χ1v) is 9.34. The van der Waals surface area contributed by atoms with Crippen molar-refractivity contribution >= 4 is 29.2 Å². The number of hydrogen-bond donors (Lipinski definition) is 0. The van der Waals surface area contributed by atoms with E-state index in [2.05, 4.69) is 4.90 Å². The second-order valence-electron chi connectivity index (χ2n) is 6.45. The molecule has 2 atom stereocenters. The lowest BCUT2D eigenvalue weighted by Crippen LogP contribution is -3.00. The van der Waals surface area contributed by atoms with Gasteiger partial charge in [-0.15, -0.1) is 0 Å². The summed E-state index contributed by atoms with van der Waals surface area (Å²) in [6, 6.07) is 5.57. The Morgan fingerprint density at radius 2 is 1.88 bits per heavy atom. The highest BCUT2D eigenvalue weighted by atomic mass is 35.5. The highest BCUT2D eigenvalue weighted by molar-refractivity contribution is 6.42. The molecular formula is C18H23Cl3NO3-. The van der Waals surface area contributed by atoms with Crippen molar-refractivity contribution in [3.8, 4) is 0 Å². The van der Waals surface area contributed by atoms with Crippen molar-refractivity contribution in [2.75, 3.05) is 26.3 Å². The minimum absolute atomic E-state index is 0. The van der Waals surface area contributed by atoms with Crippen molar-refractivity contribution < 1.29 is 26.7 Å². The highest BCUT2D eigenvalue weighted by Crippen LogP contribution is 2.27. The van der Waals surface area contributed by atoms with E-state index in [1.807, 2.05) is 6.07 Å². The average Bonchev–Trinajstić information content (AvgIpc) is 2.59. The van der Waals surface area contributed by atoms with Crippen LogP contribution in [0.1, 0.15) is 31.2 Å². The molecule has 0 amide bonds. The number of carbonyl (C=O) groups excluding carboxylic acids is 1. The topological polar surface area (TPSA) is 38.8 Å². The molecule has 1 saturated heterocycles. The van der Waals surface area contributed by atoms with Gasteiger partial charge in [-0.2, -0.15) is 0 Å². The Balaban J connectivity index is 0.00000225. The molecule has 25 heavy (non-hydrogen) atoms. The molecule has 0 radical (unpaired) electrons. The predicted molar refractivity (Wildman–Crippen MR) is 94.7 cm³/mol. The second kappa shape index (κ2) is 9.98. The summed E-state index contributed by atoms with van der Waals surface area (Å²) in [6.07, 6.45) is 4.55. The molecule has 0 aromatic heterocycles. The van der Waals surface area contributed by atoms with Crippen LogP contribution < -0.4 is 12.4 Å². The maximum absolute atomic E-state index is 12.4. The third-order valence-electron chi connectivity index (χ3n) is 4.80. The van der Waals surface area contributed by atoms with Crippen molar-refractivity contribution in [2.45, 2.75) is 44.2 Å². The van der Waals surface area contributed by atoms with Crippen LogP contribution in [-0.2, 0) is 20.7 Å². The molecule has 1 aliphatic heterocycles. The minimum Gasteiger partial charge on any atom is -1.00 e. The van der Waals surface area contributed by atoms with Gasteiger partial charge in [-0.1, -0.05) is 35.7 Å². The van der Waals surface area contributed by atoms with Crippen molar-refractivity contribution in [3.63, 3.8) is 0 Å². The summed E-state index contributed by atoms with van der Waals surface area (Å²) in [7, 11) is 0. The van der Waals surface area contributed by atoms with Crippen LogP contribution >= 0.6 is 23.2 Å². The first kappa shape index (κ1) is 20.8. The van der Waals surface area contributed by atoms with Gasteiger partial charge in [-0.25, -0.2) is 0 Å². The lowest BCUT2D eigenvalue weighted by molar-refractivity contribution is -0.155.